The maximum absolute atomic E-state index is 12.7. The van der Waals surface area contributed by atoms with E-state index in [1.165, 1.54) is 50.3 Å². The lowest BCUT2D eigenvalue weighted by atomic mass is 9.94. The second-order valence-electron chi connectivity index (χ2n) is 8.37. The molecule has 2 heterocycles. The predicted molar refractivity (Wildman–Crippen MR) is 106 cm³/mol. The zero-order valence-electron chi connectivity index (χ0n) is 16.1. The van der Waals surface area contributed by atoms with Gasteiger partial charge in [-0.1, -0.05) is 26.7 Å². The smallest absolute Gasteiger partial charge is 0.317 e. The van der Waals surface area contributed by atoms with E-state index in [2.05, 4.69) is 40.7 Å². The highest BCUT2D eigenvalue weighted by atomic mass is 32.2. The Morgan fingerprint density at radius 1 is 1.04 bits per heavy atom. The van der Waals surface area contributed by atoms with Crippen LogP contribution in [0.15, 0.2) is 0 Å². The molecule has 2 aliphatic heterocycles. The Hall–Kier alpha value is -0.460. The fraction of sp³-hybridized carbons (Fsp3) is 0.947. The summed E-state index contributed by atoms with van der Waals surface area (Å²) >= 11 is 2.07. The molecule has 0 unspecified atom stereocenters. The van der Waals surface area contributed by atoms with Crippen LogP contribution in [0.1, 0.15) is 39.5 Å². The van der Waals surface area contributed by atoms with Gasteiger partial charge in [0.2, 0.25) is 0 Å². The summed E-state index contributed by atoms with van der Waals surface area (Å²) < 4.78 is 0. The molecule has 0 atom stereocenters. The highest BCUT2D eigenvalue weighted by molar-refractivity contribution is 7.99. The summed E-state index contributed by atoms with van der Waals surface area (Å²) in [5.41, 5.74) is 0.232. The summed E-state index contributed by atoms with van der Waals surface area (Å²) in [6.07, 6.45) is 5.13. The number of piperazine rings is 1. The van der Waals surface area contributed by atoms with E-state index in [1.54, 1.807) is 0 Å². The summed E-state index contributed by atoms with van der Waals surface area (Å²) in [5, 5.41) is 3.31. The Labute approximate surface area is 157 Å². The minimum absolute atomic E-state index is 0.154. The molecular formula is C19H36N4OS. The predicted octanol–water partition coefficient (Wildman–Crippen LogP) is 2.33. The molecule has 144 valence electrons. The first-order valence-electron chi connectivity index (χ1n) is 10.2. The number of thioether (sulfide) groups is 1. The van der Waals surface area contributed by atoms with Crippen molar-refractivity contribution in [3.8, 4) is 0 Å². The lowest BCUT2D eigenvalue weighted by molar-refractivity contribution is 0.0961. The molecule has 3 fully saturated rings. The van der Waals surface area contributed by atoms with Gasteiger partial charge in [0, 0.05) is 69.4 Å². The normalized spacial score (nSPS) is 25.5. The first-order valence-corrected chi connectivity index (χ1v) is 11.3. The van der Waals surface area contributed by atoms with Gasteiger partial charge in [-0.3, -0.25) is 9.80 Å². The number of rotatable bonds is 5. The zero-order chi connectivity index (χ0) is 17.7. The Balaban J connectivity index is 1.47. The third-order valence-corrected chi connectivity index (χ3v) is 7.01. The molecule has 0 radical (unpaired) electrons. The van der Waals surface area contributed by atoms with Gasteiger partial charge in [-0.25, -0.2) is 4.79 Å². The van der Waals surface area contributed by atoms with E-state index in [4.69, 9.17) is 0 Å². The van der Waals surface area contributed by atoms with Crippen molar-refractivity contribution in [3.05, 3.63) is 0 Å². The molecule has 3 rings (SSSR count). The van der Waals surface area contributed by atoms with Gasteiger partial charge in [0.05, 0.1) is 0 Å². The van der Waals surface area contributed by atoms with Crippen molar-refractivity contribution in [2.75, 3.05) is 63.9 Å². The first kappa shape index (κ1) is 19.3. The van der Waals surface area contributed by atoms with E-state index in [0.29, 0.717) is 5.92 Å². The number of amides is 2. The van der Waals surface area contributed by atoms with Crippen LogP contribution in [0.25, 0.3) is 0 Å². The minimum Gasteiger partial charge on any atom is -0.336 e. The Bertz CT molecular complexity index is 425. The van der Waals surface area contributed by atoms with E-state index in [-0.39, 0.29) is 11.6 Å². The van der Waals surface area contributed by atoms with E-state index in [0.717, 1.165) is 39.3 Å². The lowest BCUT2D eigenvalue weighted by Crippen LogP contribution is -2.59. The molecule has 2 saturated heterocycles. The van der Waals surface area contributed by atoms with Crippen molar-refractivity contribution in [1.82, 2.24) is 20.0 Å². The van der Waals surface area contributed by atoms with Crippen LogP contribution in [0.3, 0.4) is 0 Å². The van der Waals surface area contributed by atoms with Crippen LogP contribution in [-0.2, 0) is 0 Å². The largest absolute Gasteiger partial charge is 0.336 e. The number of carbonyl (C=O) groups excluding carboxylic acids is 1. The minimum atomic E-state index is 0.154. The van der Waals surface area contributed by atoms with Crippen LogP contribution in [0, 0.1) is 5.92 Å². The Morgan fingerprint density at radius 2 is 1.68 bits per heavy atom. The molecule has 1 aliphatic carbocycles. The van der Waals surface area contributed by atoms with E-state index >= 15 is 0 Å². The number of nitrogens with zero attached hydrogens (tertiary/aromatic N) is 3. The van der Waals surface area contributed by atoms with E-state index < -0.39 is 0 Å². The summed E-state index contributed by atoms with van der Waals surface area (Å²) in [4.78, 5) is 19.9. The molecule has 2 amide bonds. The molecule has 3 aliphatic rings. The second-order valence-corrected chi connectivity index (χ2v) is 9.60. The van der Waals surface area contributed by atoms with Gasteiger partial charge in [0.1, 0.15) is 0 Å². The fourth-order valence-electron chi connectivity index (χ4n) is 4.68. The van der Waals surface area contributed by atoms with Crippen LogP contribution in [-0.4, -0.2) is 90.1 Å². The summed E-state index contributed by atoms with van der Waals surface area (Å²) in [6.45, 7) is 12.6. The maximum Gasteiger partial charge on any atom is 0.317 e. The van der Waals surface area contributed by atoms with Gasteiger partial charge < -0.3 is 10.2 Å². The fourth-order valence-corrected chi connectivity index (χ4v) is 5.58. The second kappa shape index (κ2) is 8.96. The van der Waals surface area contributed by atoms with Gasteiger partial charge >= 0.3 is 6.03 Å². The van der Waals surface area contributed by atoms with Crippen molar-refractivity contribution in [2.45, 2.75) is 45.1 Å². The van der Waals surface area contributed by atoms with Crippen LogP contribution < -0.4 is 5.32 Å². The summed E-state index contributed by atoms with van der Waals surface area (Å²) in [7, 11) is 0. The molecule has 0 aromatic heterocycles. The molecule has 0 spiro atoms. The third-order valence-electron chi connectivity index (χ3n) is 6.07. The van der Waals surface area contributed by atoms with Crippen LogP contribution in [0.4, 0.5) is 4.79 Å². The third kappa shape index (κ3) is 5.04. The van der Waals surface area contributed by atoms with Crippen molar-refractivity contribution >= 4 is 17.8 Å². The van der Waals surface area contributed by atoms with Gasteiger partial charge in [0.25, 0.3) is 0 Å². The van der Waals surface area contributed by atoms with Crippen molar-refractivity contribution in [2.24, 2.45) is 5.92 Å². The molecule has 1 N–H and O–H groups in total. The quantitative estimate of drug-likeness (QED) is 0.808. The highest BCUT2D eigenvalue weighted by Crippen LogP contribution is 2.36. The van der Waals surface area contributed by atoms with Gasteiger partial charge in [-0.05, 0) is 18.8 Å². The number of carbonyl (C=O) groups is 1. The Morgan fingerprint density at radius 3 is 2.28 bits per heavy atom. The van der Waals surface area contributed by atoms with E-state index in [9.17, 15) is 4.79 Å². The Kier molecular flexibility index (Phi) is 6.92. The number of urea groups is 1. The maximum atomic E-state index is 12.7. The molecule has 25 heavy (non-hydrogen) atoms. The van der Waals surface area contributed by atoms with E-state index in [1.807, 2.05) is 4.90 Å². The summed E-state index contributed by atoms with van der Waals surface area (Å²) in [6, 6.07) is 0.154. The molecule has 0 aromatic rings. The SMILES string of the molecule is CC(C)CN1CCN(C(=O)NCC2(N3CCSCC3)CCCC2)CC1. The zero-order valence-corrected chi connectivity index (χ0v) is 17.0. The van der Waals surface area contributed by atoms with Crippen LogP contribution in [0.2, 0.25) is 0 Å². The molecular weight excluding hydrogens is 332 g/mol. The highest BCUT2D eigenvalue weighted by Gasteiger charge is 2.40. The number of hydrogen-bond donors (Lipinski definition) is 1. The van der Waals surface area contributed by atoms with Gasteiger partial charge in [-0.15, -0.1) is 0 Å². The summed E-state index contributed by atoms with van der Waals surface area (Å²) in [5.74, 6) is 3.19. The van der Waals surface area contributed by atoms with Crippen LogP contribution in [0.5, 0.6) is 0 Å². The van der Waals surface area contributed by atoms with Crippen LogP contribution >= 0.6 is 11.8 Å². The van der Waals surface area contributed by atoms with Crippen molar-refractivity contribution in [3.63, 3.8) is 0 Å². The molecule has 0 bridgehead atoms. The van der Waals surface area contributed by atoms with Crippen molar-refractivity contribution in [1.29, 1.82) is 0 Å². The average molecular weight is 369 g/mol. The molecule has 0 aromatic carbocycles. The standard InChI is InChI=1S/C19H36N4OS/c1-17(2)15-21-7-9-22(10-8-21)18(24)20-16-19(5-3-4-6-19)23-11-13-25-14-12-23/h17H,3-16H2,1-2H3,(H,20,24). The number of hydrogen-bond acceptors (Lipinski definition) is 4. The topological polar surface area (TPSA) is 38.8 Å². The van der Waals surface area contributed by atoms with Crippen molar-refractivity contribution < 1.29 is 4.79 Å². The molecule has 6 heteroatoms. The molecule has 5 nitrogen and oxygen atoms in total. The van der Waals surface area contributed by atoms with Gasteiger partial charge in [0.15, 0.2) is 0 Å². The number of nitrogens with one attached hydrogen (secondary N) is 1. The first-order chi connectivity index (χ1) is 12.1. The lowest BCUT2D eigenvalue weighted by Gasteiger charge is -2.44. The average Bonchev–Trinajstić information content (AvgIpc) is 3.11. The van der Waals surface area contributed by atoms with Gasteiger partial charge in [-0.2, -0.15) is 11.8 Å². The molecule has 1 saturated carbocycles. The monoisotopic (exact) mass is 368 g/mol.